The van der Waals surface area contributed by atoms with Crippen LogP contribution in [0.15, 0.2) is 36.6 Å². The zero-order valence-corrected chi connectivity index (χ0v) is 8.21. The normalized spacial score (nSPS) is 10.8. The van der Waals surface area contributed by atoms with Crippen molar-refractivity contribution in [1.82, 2.24) is 0 Å². The van der Waals surface area contributed by atoms with Crippen molar-refractivity contribution in [3.8, 4) is 0 Å². The topological polar surface area (TPSA) is 35.2 Å². The summed E-state index contributed by atoms with van der Waals surface area (Å²) in [5.41, 5.74) is 6.14. The van der Waals surface area contributed by atoms with Gasteiger partial charge in [0.05, 0.1) is 6.61 Å². The van der Waals surface area contributed by atoms with Crippen LogP contribution < -0.4 is 5.73 Å². The summed E-state index contributed by atoms with van der Waals surface area (Å²) in [5.74, 6) is 0. The smallest absolute Gasteiger partial charge is 0.0646 e. The lowest BCUT2D eigenvalue weighted by Gasteiger charge is -1.89. The highest BCUT2D eigenvalue weighted by Crippen LogP contribution is 1.93. The minimum absolute atomic E-state index is 0.602. The Kier molecular flexibility index (Phi) is 14.3. The third-order valence-electron chi connectivity index (χ3n) is 1.00. The molecule has 0 atom stereocenters. The molecule has 12 heavy (non-hydrogen) atoms. The molecule has 0 aromatic carbocycles. The Labute approximate surface area is 75.4 Å². The Balaban J connectivity index is 0. The highest BCUT2D eigenvalue weighted by Gasteiger charge is 1.78. The van der Waals surface area contributed by atoms with Crippen LogP contribution in [-0.4, -0.2) is 13.7 Å². The average molecular weight is 169 g/mol. The van der Waals surface area contributed by atoms with Crippen LogP contribution in [0, 0.1) is 0 Å². The van der Waals surface area contributed by atoms with E-state index in [1.165, 1.54) is 6.20 Å². The lowest BCUT2D eigenvalue weighted by molar-refractivity contribution is 0.234. The summed E-state index contributed by atoms with van der Waals surface area (Å²) in [6.45, 7) is 8.17. The molecule has 0 bridgehead atoms. The predicted molar refractivity (Wildman–Crippen MR) is 54.8 cm³/mol. The molecule has 0 aliphatic carbocycles. The Morgan fingerprint density at radius 2 is 2.08 bits per heavy atom. The van der Waals surface area contributed by atoms with Crippen LogP contribution in [0.25, 0.3) is 0 Å². The first-order valence-corrected chi connectivity index (χ1v) is 4.05. The first-order chi connectivity index (χ1) is 5.85. The number of allylic oxidation sites excluding steroid dienone is 3. The third-order valence-corrected chi connectivity index (χ3v) is 1.00. The summed E-state index contributed by atoms with van der Waals surface area (Å²) in [5, 5.41) is 0. The fourth-order valence-corrected chi connectivity index (χ4v) is 0.472. The van der Waals surface area contributed by atoms with Gasteiger partial charge in [0.2, 0.25) is 0 Å². The molecule has 2 N–H and O–H groups in total. The SMILES string of the molecule is C=CC(/C=C/COC)=C\N.CC. The molecule has 0 aliphatic heterocycles. The summed E-state index contributed by atoms with van der Waals surface area (Å²) in [6, 6.07) is 0. The molecule has 2 heteroatoms. The Bertz CT molecular complexity index is 148. The molecule has 0 heterocycles. The molecule has 0 fully saturated rings. The van der Waals surface area contributed by atoms with E-state index in [1.807, 2.05) is 26.0 Å². The van der Waals surface area contributed by atoms with Crippen LogP contribution in [0.1, 0.15) is 13.8 Å². The molecule has 0 unspecified atom stereocenters. The van der Waals surface area contributed by atoms with Crippen molar-refractivity contribution in [2.45, 2.75) is 13.8 Å². The first-order valence-electron chi connectivity index (χ1n) is 4.05. The number of methoxy groups -OCH3 is 1. The zero-order chi connectivity index (χ0) is 9.82. The number of rotatable bonds is 4. The van der Waals surface area contributed by atoms with Gasteiger partial charge in [0.25, 0.3) is 0 Å². The van der Waals surface area contributed by atoms with E-state index in [0.717, 1.165) is 5.57 Å². The largest absolute Gasteiger partial charge is 0.404 e. The van der Waals surface area contributed by atoms with Gasteiger partial charge in [-0.3, -0.25) is 0 Å². The lowest BCUT2D eigenvalue weighted by atomic mass is 10.2. The lowest BCUT2D eigenvalue weighted by Crippen LogP contribution is -1.84. The first kappa shape index (κ1) is 13.6. The number of ether oxygens (including phenoxy) is 1. The van der Waals surface area contributed by atoms with Crippen LogP contribution in [-0.2, 0) is 4.74 Å². The van der Waals surface area contributed by atoms with Gasteiger partial charge in [-0.25, -0.2) is 0 Å². The zero-order valence-electron chi connectivity index (χ0n) is 8.21. The van der Waals surface area contributed by atoms with Gasteiger partial charge in [0.15, 0.2) is 0 Å². The number of hydrogen-bond donors (Lipinski definition) is 1. The van der Waals surface area contributed by atoms with E-state index in [-0.39, 0.29) is 0 Å². The van der Waals surface area contributed by atoms with Crippen LogP contribution in [0.4, 0.5) is 0 Å². The summed E-state index contributed by atoms with van der Waals surface area (Å²) in [7, 11) is 1.64. The van der Waals surface area contributed by atoms with E-state index in [0.29, 0.717) is 6.61 Å². The molecule has 0 aromatic rings. The van der Waals surface area contributed by atoms with Crippen LogP contribution >= 0.6 is 0 Å². The second-order valence-corrected chi connectivity index (χ2v) is 1.73. The van der Waals surface area contributed by atoms with Crippen molar-refractivity contribution in [1.29, 1.82) is 0 Å². The van der Waals surface area contributed by atoms with Crippen LogP contribution in [0.2, 0.25) is 0 Å². The maximum atomic E-state index is 5.24. The van der Waals surface area contributed by atoms with E-state index in [2.05, 4.69) is 6.58 Å². The number of nitrogens with two attached hydrogens (primary N) is 1. The highest BCUT2D eigenvalue weighted by atomic mass is 16.5. The van der Waals surface area contributed by atoms with Crippen molar-refractivity contribution < 1.29 is 4.74 Å². The monoisotopic (exact) mass is 169 g/mol. The summed E-state index contributed by atoms with van der Waals surface area (Å²) in [4.78, 5) is 0. The van der Waals surface area contributed by atoms with Gasteiger partial charge in [0, 0.05) is 13.3 Å². The fraction of sp³-hybridized carbons (Fsp3) is 0.400. The maximum Gasteiger partial charge on any atom is 0.0646 e. The van der Waals surface area contributed by atoms with Crippen molar-refractivity contribution in [3.05, 3.63) is 36.6 Å². The molecule has 0 amide bonds. The summed E-state index contributed by atoms with van der Waals surface area (Å²) >= 11 is 0. The van der Waals surface area contributed by atoms with E-state index in [4.69, 9.17) is 10.5 Å². The molecule has 0 rings (SSSR count). The molecule has 0 saturated carbocycles. The second-order valence-electron chi connectivity index (χ2n) is 1.73. The van der Waals surface area contributed by atoms with Crippen LogP contribution in [0.5, 0.6) is 0 Å². The maximum absolute atomic E-state index is 5.24. The van der Waals surface area contributed by atoms with Gasteiger partial charge in [0.1, 0.15) is 0 Å². The minimum atomic E-state index is 0.602. The van der Waals surface area contributed by atoms with Crippen molar-refractivity contribution in [2.24, 2.45) is 5.73 Å². The van der Waals surface area contributed by atoms with E-state index < -0.39 is 0 Å². The third kappa shape index (κ3) is 8.98. The average Bonchev–Trinajstić information content (AvgIpc) is 2.16. The van der Waals surface area contributed by atoms with Crippen molar-refractivity contribution in [2.75, 3.05) is 13.7 Å². The number of hydrogen-bond acceptors (Lipinski definition) is 2. The van der Waals surface area contributed by atoms with E-state index in [1.54, 1.807) is 13.2 Å². The van der Waals surface area contributed by atoms with Gasteiger partial charge in [-0.15, -0.1) is 0 Å². The quantitative estimate of drug-likeness (QED) is 0.655. The second kappa shape index (κ2) is 12.6. The molecule has 0 radical (unpaired) electrons. The summed E-state index contributed by atoms with van der Waals surface area (Å²) in [6.07, 6.45) is 6.92. The molecule has 0 spiro atoms. The highest BCUT2D eigenvalue weighted by molar-refractivity contribution is 5.27. The fourth-order valence-electron chi connectivity index (χ4n) is 0.472. The molecular weight excluding hydrogens is 150 g/mol. The van der Waals surface area contributed by atoms with E-state index in [9.17, 15) is 0 Å². The summed E-state index contributed by atoms with van der Waals surface area (Å²) < 4.78 is 4.79. The van der Waals surface area contributed by atoms with Crippen molar-refractivity contribution >= 4 is 0 Å². The molecule has 0 aromatic heterocycles. The molecule has 0 aliphatic rings. The predicted octanol–water partition coefficient (Wildman–Crippen LogP) is 2.24. The molecule has 2 nitrogen and oxygen atoms in total. The van der Waals surface area contributed by atoms with Gasteiger partial charge >= 0.3 is 0 Å². The Morgan fingerprint density at radius 3 is 2.42 bits per heavy atom. The molecule has 70 valence electrons. The van der Waals surface area contributed by atoms with Gasteiger partial charge in [-0.1, -0.05) is 38.7 Å². The molecular formula is C10H19NO. The Morgan fingerprint density at radius 1 is 1.50 bits per heavy atom. The van der Waals surface area contributed by atoms with Gasteiger partial charge in [-0.2, -0.15) is 0 Å². The minimum Gasteiger partial charge on any atom is -0.404 e. The van der Waals surface area contributed by atoms with Crippen molar-refractivity contribution in [3.63, 3.8) is 0 Å². The standard InChI is InChI=1S/C8H13NO.C2H6/c1-3-8(7-9)5-4-6-10-2;1-2/h3-5,7H,1,6,9H2,2H3;1-2H3/b5-4+,8-7+;. The molecule has 0 saturated heterocycles. The van der Waals surface area contributed by atoms with Gasteiger partial charge < -0.3 is 10.5 Å². The Hall–Kier alpha value is -1.02. The van der Waals surface area contributed by atoms with Gasteiger partial charge in [-0.05, 0) is 5.57 Å². The van der Waals surface area contributed by atoms with E-state index >= 15 is 0 Å². The van der Waals surface area contributed by atoms with Crippen LogP contribution in [0.3, 0.4) is 0 Å².